The van der Waals surface area contributed by atoms with E-state index in [1.807, 2.05) is 6.92 Å². The van der Waals surface area contributed by atoms with Gasteiger partial charge in [0, 0.05) is 49.1 Å². The predicted octanol–water partition coefficient (Wildman–Crippen LogP) is 3.47. The number of fused-ring (bicyclic) bond motifs is 1. The molecule has 146 valence electrons. The average molecular weight is 391 g/mol. The Morgan fingerprint density at radius 2 is 2.00 bits per heavy atom. The number of hydrogen-bond acceptors (Lipinski definition) is 4. The molecular formula is C18H16F3N5O2. The SMILES string of the molecule is C[C@H]1Cc2noc(-c3ccn(C)n3)c2CN1C(=O)Nc1cc(F)c(F)c(F)c1. The van der Waals surface area contributed by atoms with Crippen molar-refractivity contribution in [3.05, 3.63) is 53.1 Å². The van der Waals surface area contributed by atoms with Crippen LogP contribution in [0.4, 0.5) is 23.7 Å². The second-order valence-corrected chi connectivity index (χ2v) is 6.68. The van der Waals surface area contributed by atoms with Crippen molar-refractivity contribution in [2.75, 3.05) is 5.32 Å². The van der Waals surface area contributed by atoms with Crippen LogP contribution >= 0.6 is 0 Å². The summed E-state index contributed by atoms with van der Waals surface area (Å²) in [4.78, 5) is 14.2. The molecule has 1 aliphatic rings. The minimum absolute atomic E-state index is 0.172. The quantitative estimate of drug-likeness (QED) is 0.679. The zero-order valence-corrected chi connectivity index (χ0v) is 15.0. The molecule has 0 saturated carbocycles. The second-order valence-electron chi connectivity index (χ2n) is 6.68. The van der Waals surface area contributed by atoms with E-state index in [0.29, 0.717) is 17.9 Å². The molecule has 4 rings (SSSR count). The maximum atomic E-state index is 13.4. The molecule has 2 amide bonds. The fourth-order valence-corrected chi connectivity index (χ4v) is 3.21. The largest absolute Gasteiger partial charge is 0.354 e. The van der Waals surface area contributed by atoms with Gasteiger partial charge in [-0.25, -0.2) is 18.0 Å². The molecule has 0 saturated heterocycles. The minimum atomic E-state index is -1.58. The third kappa shape index (κ3) is 3.10. The van der Waals surface area contributed by atoms with Gasteiger partial charge in [0.05, 0.1) is 12.2 Å². The summed E-state index contributed by atoms with van der Waals surface area (Å²) in [5, 5.41) is 10.8. The van der Waals surface area contributed by atoms with Crippen molar-refractivity contribution >= 4 is 11.7 Å². The number of nitrogens with one attached hydrogen (secondary N) is 1. The molecule has 3 heterocycles. The van der Waals surface area contributed by atoms with Crippen LogP contribution in [-0.4, -0.2) is 31.9 Å². The molecule has 10 heteroatoms. The van der Waals surface area contributed by atoms with Crippen molar-refractivity contribution in [1.82, 2.24) is 19.8 Å². The molecule has 0 aliphatic carbocycles. The van der Waals surface area contributed by atoms with Crippen LogP contribution in [0.15, 0.2) is 28.9 Å². The van der Waals surface area contributed by atoms with Gasteiger partial charge < -0.3 is 14.7 Å². The number of carbonyl (C=O) groups is 1. The first-order chi connectivity index (χ1) is 13.3. The maximum Gasteiger partial charge on any atom is 0.322 e. The Labute approximate surface area is 157 Å². The number of anilines is 1. The Bertz CT molecular complexity index is 1040. The highest BCUT2D eigenvalue weighted by atomic mass is 19.2. The number of aromatic nitrogens is 3. The number of hydrogen-bond donors (Lipinski definition) is 1. The number of benzene rings is 1. The summed E-state index contributed by atoms with van der Waals surface area (Å²) in [7, 11) is 1.77. The van der Waals surface area contributed by atoms with E-state index in [9.17, 15) is 18.0 Å². The van der Waals surface area contributed by atoms with Gasteiger partial charge in [-0.05, 0) is 13.0 Å². The number of aryl methyl sites for hydroxylation is 1. The summed E-state index contributed by atoms with van der Waals surface area (Å²) in [6.45, 7) is 2.01. The van der Waals surface area contributed by atoms with Gasteiger partial charge in [0.15, 0.2) is 23.2 Å². The zero-order valence-electron chi connectivity index (χ0n) is 15.0. The average Bonchev–Trinajstić information content (AvgIpc) is 3.24. The molecule has 0 radical (unpaired) electrons. The van der Waals surface area contributed by atoms with Crippen molar-refractivity contribution in [2.24, 2.45) is 7.05 Å². The molecule has 3 aromatic rings. The van der Waals surface area contributed by atoms with Gasteiger partial charge in [-0.2, -0.15) is 5.10 Å². The van der Waals surface area contributed by atoms with Crippen LogP contribution < -0.4 is 5.32 Å². The lowest BCUT2D eigenvalue weighted by Crippen LogP contribution is -2.44. The molecule has 28 heavy (non-hydrogen) atoms. The standard InChI is InChI=1S/C18H16F3N5O2/c1-9-5-15-11(17(28-24-15)14-3-4-25(2)23-14)8-26(9)18(27)22-10-6-12(19)16(21)13(20)7-10/h3-4,6-7,9H,5,8H2,1-2H3,(H,22,27)/t9-/m0/s1. The molecule has 1 atom stereocenters. The minimum Gasteiger partial charge on any atom is -0.354 e. The van der Waals surface area contributed by atoms with Crippen LogP contribution in [0.3, 0.4) is 0 Å². The van der Waals surface area contributed by atoms with Crippen LogP contribution in [0.25, 0.3) is 11.5 Å². The summed E-state index contributed by atoms with van der Waals surface area (Å²) in [5.41, 5.74) is 1.88. The monoisotopic (exact) mass is 391 g/mol. The number of carbonyl (C=O) groups excluding carboxylic acids is 1. The van der Waals surface area contributed by atoms with Crippen molar-refractivity contribution in [1.29, 1.82) is 0 Å². The van der Waals surface area contributed by atoms with Gasteiger partial charge in [-0.1, -0.05) is 5.16 Å². The molecule has 1 aromatic carbocycles. The van der Waals surface area contributed by atoms with E-state index < -0.39 is 23.5 Å². The lowest BCUT2D eigenvalue weighted by atomic mass is 9.99. The van der Waals surface area contributed by atoms with Gasteiger partial charge in [0.2, 0.25) is 0 Å². The summed E-state index contributed by atoms with van der Waals surface area (Å²) in [5.74, 6) is -3.86. The van der Waals surface area contributed by atoms with E-state index in [-0.39, 0.29) is 18.3 Å². The van der Waals surface area contributed by atoms with E-state index in [1.54, 1.807) is 24.0 Å². The number of urea groups is 1. The molecule has 0 fully saturated rings. The third-order valence-electron chi connectivity index (χ3n) is 4.66. The Morgan fingerprint density at radius 3 is 2.64 bits per heavy atom. The lowest BCUT2D eigenvalue weighted by molar-refractivity contribution is 0.182. The molecule has 1 N–H and O–H groups in total. The molecule has 7 nitrogen and oxygen atoms in total. The van der Waals surface area contributed by atoms with Gasteiger partial charge in [-0.15, -0.1) is 0 Å². The summed E-state index contributed by atoms with van der Waals surface area (Å²) >= 11 is 0. The molecule has 0 bridgehead atoms. The Balaban J connectivity index is 1.58. The van der Waals surface area contributed by atoms with E-state index in [0.717, 1.165) is 23.4 Å². The van der Waals surface area contributed by atoms with Crippen molar-refractivity contribution in [3.8, 4) is 11.5 Å². The number of amides is 2. The Morgan fingerprint density at radius 1 is 1.29 bits per heavy atom. The van der Waals surface area contributed by atoms with Gasteiger partial charge in [-0.3, -0.25) is 4.68 Å². The zero-order chi connectivity index (χ0) is 20.0. The van der Waals surface area contributed by atoms with Crippen LogP contribution in [0.5, 0.6) is 0 Å². The highest BCUT2D eigenvalue weighted by Gasteiger charge is 2.33. The van der Waals surface area contributed by atoms with Gasteiger partial charge in [0.25, 0.3) is 0 Å². The summed E-state index contributed by atoms with van der Waals surface area (Å²) in [6.07, 6.45) is 2.21. The van der Waals surface area contributed by atoms with Crippen LogP contribution in [0.2, 0.25) is 0 Å². The lowest BCUT2D eigenvalue weighted by Gasteiger charge is -2.32. The van der Waals surface area contributed by atoms with Gasteiger partial charge in [0.1, 0.15) is 5.69 Å². The first kappa shape index (κ1) is 18.1. The van der Waals surface area contributed by atoms with Crippen LogP contribution in [0, 0.1) is 17.5 Å². The van der Waals surface area contributed by atoms with Crippen molar-refractivity contribution in [2.45, 2.75) is 25.9 Å². The smallest absolute Gasteiger partial charge is 0.322 e. The number of halogens is 3. The number of nitrogens with zero attached hydrogens (tertiary/aromatic N) is 4. The maximum absolute atomic E-state index is 13.4. The van der Waals surface area contributed by atoms with E-state index in [1.165, 1.54) is 4.90 Å². The van der Waals surface area contributed by atoms with E-state index >= 15 is 0 Å². The predicted molar refractivity (Wildman–Crippen MR) is 92.7 cm³/mol. The molecular weight excluding hydrogens is 375 g/mol. The second kappa shape index (κ2) is 6.70. The summed E-state index contributed by atoms with van der Waals surface area (Å²) in [6, 6.07) is 2.43. The highest BCUT2D eigenvalue weighted by Crippen LogP contribution is 2.32. The fraction of sp³-hybridized carbons (Fsp3) is 0.278. The van der Waals surface area contributed by atoms with E-state index in [4.69, 9.17) is 4.52 Å². The molecule has 1 aliphatic heterocycles. The third-order valence-corrected chi connectivity index (χ3v) is 4.66. The van der Waals surface area contributed by atoms with Crippen molar-refractivity contribution in [3.63, 3.8) is 0 Å². The van der Waals surface area contributed by atoms with Crippen LogP contribution in [0.1, 0.15) is 18.2 Å². The first-order valence-electron chi connectivity index (χ1n) is 8.53. The fourth-order valence-electron chi connectivity index (χ4n) is 3.21. The highest BCUT2D eigenvalue weighted by molar-refractivity contribution is 5.89. The molecule has 0 unspecified atom stereocenters. The Hall–Kier alpha value is -3.30. The number of rotatable bonds is 2. The normalized spacial score (nSPS) is 16.2. The molecule has 2 aromatic heterocycles. The first-order valence-corrected chi connectivity index (χ1v) is 8.53. The van der Waals surface area contributed by atoms with E-state index in [2.05, 4.69) is 15.6 Å². The van der Waals surface area contributed by atoms with Gasteiger partial charge >= 0.3 is 6.03 Å². The van der Waals surface area contributed by atoms with Crippen LogP contribution in [-0.2, 0) is 20.0 Å². The summed E-state index contributed by atoms with van der Waals surface area (Å²) < 4.78 is 47.0. The molecule has 0 spiro atoms. The Kier molecular flexibility index (Phi) is 4.33. The topological polar surface area (TPSA) is 76.2 Å². The van der Waals surface area contributed by atoms with Crippen molar-refractivity contribution < 1.29 is 22.5 Å².